The molecule has 1 aliphatic heterocycles. The molecular formula is C24H27ClN4O3. The average molecular weight is 455 g/mol. The first kappa shape index (κ1) is 23.3. The number of benzene rings is 2. The minimum Gasteiger partial charge on any atom is -0.493 e. The molecule has 1 aliphatic rings. The Balaban J connectivity index is 1.61. The van der Waals surface area contributed by atoms with Gasteiger partial charge in [-0.05, 0) is 42.8 Å². The first-order valence-corrected chi connectivity index (χ1v) is 10.7. The highest BCUT2D eigenvalue weighted by Crippen LogP contribution is 2.30. The summed E-state index contributed by atoms with van der Waals surface area (Å²) in [6.45, 7) is 4.82. The van der Waals surface area contributed by atoms with E-state index in [0.29, 0.717) is 29.6 Å². The predicted octanol–water partition coefficient (Wildman–Crippen LogP) is 3.76. The molecule has 1 atom stereocenters. The SMILES string of the molecule is COc1ccc(C(C)NC(=O)/C(C#N)=C\N2CCN(c3cccc(Cl)c3)CC2)cc1OC. The van der Waals surface area contributed by atoms with Crippen molar-refractivity contribution in [2.45, 2.75) is 13.0 Å². The summed E-state index contributed by atoms with van der Waals surface area (Å²) in [7, 11) is 3.13. The van der Waals surface area contributed by atoms with E-state index in [1.807, 2.05) is 54.3 Å². The van der Waals surface area contributed by atoms with Gasteiger partial charge in [-0.15, -0.1) is 0 Å². The molecule has 0 aromatic heterocycles. The number of piperazine rings is 1. The van der Waals surface area contributed by atoms with Gasteiger partial charge in [0.1, 0.15) is 11.6 Å². The molecule has 8 heteroatoms. The van der Waals surface area contributed by atoms with Crippen LogP contribution in [0.4, 0.5) is 5.69 Å². The summed E-state index contributed by atoms with van der Waals surface area (Å²) in [6.07, 6.45) is 1.64. The average Bonchev–Trinajstić information content (AvgIpc) is 2.82. The van der Waals surface area contributed by atoms with Crippen molar-refractivity contribution in [1.29, 1.82) is 5.26 Å². The third kappa shape index (κ3) is 5.65. The van der Waals surface area contributed by atoms with Crippen LogP contribution in [0.15, 0.2) is 54.2 Å². The van der Waals surface area contributed by atoms with E-state index in [-0.39, 0.29) is 11.6 Å². The minimum atomic E-state index is -0.410. The standard InChI is InChI=1S/C24H27ClN4O3/c1-17(18-7-8-22(31-2)23(13-18)32-3)27-24(30)19(15-26)16-28-9-11-29(12-10-28)21-6-4-5-20(25)14-21/h4-8,13-14,16-17H,9-12H2,1-3H3,(H,27,30)/b19-16-. The molecule has 1 unspecified atom stereocenters. The number of amides is 1. The summed E-state index contributed by atoms with van der Waals surface area (Å²) in [5.74, 6) is 0.788. The zero-order valence-electron chi connectivity index (χ0n) is 18.5. The number of anilines is 1. The number of hydrogen-bond donors (Lipinski definition) is 1. The normalized spacial score (nSPS) is 15.0. The predicted molar refractivity (Wildman–Crippen MR) is 125 cm³/mol. The van der Waals surface area contributed by atoms with E-state index in [0.717, 1.165) is 24.3 Å². The van der Waals surface area contributed by atoms with Gasteiger partial charge in [0.15, 0.2) is 11.5 Å². The number of halogens is 1. The van der Waals surface area contributed by atoms with Crippen LogP contribution in [-0.4, -0.2) is 51.2 Å². The summed E-state index contributed by atoms with van der Waals surface area (Å²) >= 11 is 6.09. The smallest absolute Gasteiger partial charge is 0.263 e. The van der Waals surface area contributed by atoms with E-state index >= 15 is 0 Å². The van der Waals surface area contributed by atoms with Gasteiger partial charge >= 0.3 is 0 Å². The molecule has 1 amide bonds. The lowest BCUT2D eigenvalue weighted by atomic mass is 10.1. The van der Waals surface area contributed by atoms with Crippen LogP contribution in [0.25, 0.3) is 0 Å². The molecule has 0 aliphatic carbocycles. The van der Waals surface area contributed by atoms with Crippen LogP contribution >= 0.6 is 11.6 Å². The number of hydrogen-bond acceptors (Lipinski definition) is 6. The van der Waals surface area contributed by atoms with Gasteiger partial charge in [-0.2, -0.15) is 5.26 Å². The van der Waals surface area contributed by atoms with Crippen LogP contribution in [0.5, 0.6) is 11.5 Å². The molecule has 168 valence electrons. The molecular weight excluding hydrogens is 428 g/mol. The number of carbonyl (C=O) groups excluding carboxylic acids is 1. The number of carbonyl (C=O) groups is 1. The third-order valence-electron chi connectivity index (χ3n) is 5.42. The molecule has 1 fully saturated rings. The molecule has 32 heavy (non-hydrogen) atoms. The van der Waals surface area contributed by atoms with Crippen molar-refractivity contribution < 1.29 is 14.3 Å². The summed E-state index contributed by atoms with van der Waals surface area (Å²) in [6, 6.07) is 14.9. The van der Waals surface area contributed by atoms with E-state index in [2.05, 4.69) is 10.2 Å². The Morgan fingerprint density at radius 1 is 1.12 bits per heavy atom. The van der Waals surface area contributed by atoms with Crippen LogP contribution < -0.4 is 19.7 Å². The van der Waals surface area contributed by atoms with Gasteiger partial charge in [0.2, 0.25) is 0 Å². The van der Waals surface area contributed by atoms with Gasteiger partial charge in [0.25, 0.3) is 5.91 Å². The van der Waals surface area contributed by atoms with Crippen molar-refractivity contribution in [3.8, 4) is 17.6 Å². The van der Waals surface area contributed by atoms with Gasteiger partial charge in [0, 0.05) is 43.1 Å². The Kier molecular flexibility index (Phi) is 7.85. The molecule has 0 spiro atoms. The Labute approximate surface area is 193 Å². The summed E-state index contributed by atoms with van der Waals surface area (Å²) in [5, 5.41) is 13.1. The fourth-order valence-electron chi connectivity index (χ4n) is 3.58. The second-order valence-corrected chi connectivity index (χ2v) is 7.90. The summed E-state index contributed by atoms with van der Waals surface area (Å²) < 4.78 is 10.6. The molecule has 2 aromatic rings. The maximum absolute atomic E-state index is 12.7. The lowest BCUT2D eigenvalue weighted by molar-refractivity contribution is -0.117. The Morgan fingerprint density at radius 3 is 2.47 bits per heavy atom. The summed E-state index contributed by atoms with van der Waals surface area (Å²) in [5.41, 5.74) is 2.00. The minimum absolute atomic E-state index is 0.0773. The molecule has 1 heterocycles. The van der Waals surface area contributed by atoms with Crippen LogP contribution in [0.1, 0.15) is 18.5 Å². The lowest BCUT2D eigenvalue weighted by Crippen LogP contribution is -2.44. The van der Waals surface area contributed by atoms with E-state index in [1.165, 1.54) is 0 Å². The first-order chi connectivity index (χ1) is 15.4. The van der Waals surface area contributed by atoms with Crippen LogP contribution in [-0.2, 0) is 4.79 Å². The highest BCUT2D eigenvalue weighted by Gasteiger charge is 2.19. The molecule has 0 saturated carbocycles. The highest BCUT2D eigenvalue weighted by atomic mass is 35.5. The van der Waals surface area contributed by atoms with Crippen LogP contribution in [0.2, 0.25) is 5.02 Å². The second-order valence-electron chi connectivity index (χ2n) is 7.47. The van der Waals surface area contributed by atoms with Gasteiger partial charge in [-0.3, -0.25) is 4.79 Å². The first-order valence-electron chi connectivity index (χ1n) is 10.3. The van der Waals surface area contributed by atoms with Crippen molar-refractivity contribution >= 4 is 23.2 Å². The van der Waals surface area contributed by atoms with Gasteiger partial charge in [-0.1, -0.05) is 23.7 Å². The molecule has 7 nitrogen and oxygen atoms in total. The van der Waals surface area contributed by atoms with Gasteiger partial charge < -0.3 is 24.6 Å². The number of rotatable bonds is 7. The molecule has 3 rings (SSSR count). The van der Waals surface area contributed by atoms with E-state index < -0.39 is 5.91 Å². The Bertz CT molecular complexity index is 1030. The molecule has 1 N–H and O–H groups in total. The number of methoxy groups -OCH3 is 2. The van der Waals surface area contributed by atoms with Crippen molar-refractivity contribution in [3.05, 3.63) is 64.8 Å². The topological polar surface area (TPSA) is 77.8 Å². The van der Waals surface area contributed by atoms with Crippen molar-refractivity contribution in [2.24, 2.45) is 0 Å². The third-order valence-corrected chi connectivity index (χ3v) is 5.65. The number of nitrogens with zero attached hydrogens (tertiary/aromatic N) is 3. The zero-order chi connectivity index (χ0) is 23.1. The molecule has 1 saturated heterocycles. The number of nitriles is 1. The maximum atomic E-state index is 12.7. The molecule has 2 aromatic carbocycles. The fraction of sp³-hybridized carbons (Fsp3) is 0.333. The Morgan fingerprint density at radius 2 is 1.84 bits per heavy atom. The fourth-order valence-corrected chi connectivity index (χ4v) is 3.77. The second kappa shape index (κ2) is 10.8. The van der Waals surface area contributed by atoms with Crippen molar-refractivity contribution in [1.82, 2.24) is 10.2 Å². The molecule has 0 radical (unpaired) electrons. The monoisotopic (exact) mass is 454 g/mol. The summed E-state index contributed by atoms with van der Waals surface area (Å²) in [4.78, 5) is 17.0. The van der Waals surface area contributed by atoms with Crippen molar-refractivity contribution in [2.75, 3.05) is 45.3 Å². The van der Waals surface area contributed by atoms with Gasteiger partial charge in [0.05, 0.1) is 20.3 Å². The zero-order valence-corrected chi connectivity index (χ0v) is 19.2. The maximum Gasteiger partial charge on any atom is 0.263 e. The largest absolute Gasteiger partial charge is 0.493 e. The van der Waals surface area contributed by atoms with Gasteiger partial charge in [-0.25, -0.2) is 0 Å². The number of nitrogens with one attached hydrogen (secondary N) is 1. The van der Waals surface area contributed by atoms with Crippen molar-refractivity contribution in [3.63, 3.8) is 0 Å². The van der Waals surface area contributed by atoms with Crippen LogP contribution in [0, 0.1) is 11.3 Å². The lowest BCUT2D eigenvalue weighted by Gasteiger charge is -2.35. The quantitative estimate of drug-likeness (QED) is 0.507. The van der Waals surface area contributed by atoms with E-state index in [4.69, 9.17) is 21.1 Å². The van der Waals surface area contributed by atoms with E-state index in [1.54, 1.807) is 26.5 Å². The highest BCUT2D eigenvalue weighted by molar-refractivity contribution is 6.30. The molecule has 0 bridgehead atoms. The Hall–Kier alpha value is -3.37. The van der Waals surface area contributed by atoms with E-state index in [9.17, 15) is 10.1 Å². The number of ether oxygens (including phenoxy) is 2. The van der Waals surface area contributed by atoms with Crippen LogP contribution in [0.3, 0.4) is 0 Å².